The molecule has 1 aliphatic rings. The molecule has 5 nitrogen and oxygen atoms in total. The summed E-state index contributed by atoms with van der Waals surface area (Å²) in [6, 6.07) is -0.626. The maximum atomic E-state index is 11.3. The van der Waals surface area contributed by atoms with Gasteiger partial charge in [-0.25, -0.2) is 8.42 Å². The van der Waals surface area contributed by atoms with Crippen LogP contribution in [0.1, 0.15) is 26.2 Å². The highest BCUT2D eigenvalue weighted by atomic mass is 32.2. The van der Waals surface area contributed by atoms with Crippen LogP contribution in [0.25, 0.3) is 0 Å². The van der Waals surface area contributed by atoms with Crippen molar-refractivity contribution in [1.29, 1.82) is 0 Å². The molecule has 0 bridgehead atoms. The van der Waals surface area contributed by atoms with Crippen LogP contribution in [0.2, 0.25) is 0 Å². The zero-order chi connectivity index (χ0) is 11.5. The molecule has 0 saturated carbocycles. The first kappa shape index (κ1) is 12.4. The van der Waals surface area contributed by atoms with E-state index in [0.717, 1.165) is 12.8 Å². The summed E-state index contributed by atoms with van der Waals surface area (Å²) < 4.78 is 22.3. The smallest absolute Gasteiger partial charge is 0.220 e. The van der Waals surface area contributed by atoms with Gasteiger partial charge in [0.25, 0.3) is 0 Å². The molecule has 0 aromatic carbocycles. The second-order valence-electron chi connectivity index (χ2n) is 3.92. The van der Waals surface area contributed by atoms with Gasteiger partial charge in [-0.3, -0.25) is 4.79 Å². The summed E-state index contributed by atoms with van der Waals surface area (Å²) in [6.07, 6.45) is 1.13. The summed E-state index contributed by atoms with van der Waals surface area (Å²) in [5.74, 6) is -0.574. The zero-order valence-electron chi connectivity index (χ0n) is 8.77. The Morgan fingerprint density at radius 2 is 2.13 bits per heavy atom. The first-order chi connectivity index (χ1) is 6.94. The van der Waals surface area contributed by atoms with E-state index in [4.69, 9.17) is 0 Å². The van der Waals surface area contributed by atoms with Crippen LogP contribution in [-0.2, 0) is 14.6 Å². The van der Waals surface area contributed by atoms with E-state index < -0.39 is 22.0 Å². The van der Waals surface area contributed by atoms with Crippen molar-refractivity contribution in [3.8, 4) is 0 Å². The fraction of sp³-hybridized carbons (Fsp3) is 0.889. The number of rotatable bonds is 4. The van der Waals surface area contributed by atoms with Crippen LogP contribution in [0.15, 0.2) is 0 Å². The van der Waals surface area contributed by atoms with Gasteiger partial charge in [0, 0.05) is 6.42 Å². The number of nitrogens with one attached hydrogen (secondary N) is 1. The Kier molecular flexibility index (Phi) is 4.10. The van der Waals surface area contributed by atoms with Crippen LogP contribution in [0, 0.1) is 0 Å². The number of sulfone groups is 1. The third-order valence-electron chi connectivity index (χ3n) is 2.43. The van der Waals surface area contributed by atoms with E-state index in [1.807, 2.05) is 6.92 Å². The van der Waals surface area contributed by atoms with Crippen LogP contribution >= 0.6 is 0 Å². The van der Waals surface area contributed by atoms with Crippen molar-refractivity contribution in [2.75, 3.05) is 11.5 Å². The molecule has 0 aromatic heterocycles. The van der Waals surface area contributed by atoms with Crippen molar-refractivity contribution in [2.45, 2.75) is 38.3 Å². The molecule has 2 atom stereocenters. The molecule has 6 heteroatoms. The molecule has 15 heavy (non-hydrogen) atoms. The highest BCUT2D eigenvalue weighted by Crippen LogP contribution is 2.12. The van der Waals surface area contributed by atoms with Gasteiger partial charge in [-0.05, 0) is 6.42 Å². The van der Waals surface area contributed by atoms with Gasteiger partial charge in [0.2, 0.25) is 5.91 Å². The second kappa shape index (κ2) is 4.94. The molecule has 1 heterocycles. The maximum absolute atomic E-state index is 11.3. The number of unbranched alkanes of at least 4 members (excludes halogenated alkanes) is 1. The second-order valence-corrected chi connectivity index (χ2v) is 6.08. The minimum Gasteiger partial charge on any atom is -0.390 e. The van der Waals surface area contributed by atoms with Crippen molar-refractivity contribution in [1.82, 2.24) is 5.32 Å². The Balaban J connectivity index is 2.43. The summed E-state index contributed by atoms with van der Waals surface area (Å²) >= 11 is 0. The summed E-state index contributed by atoms with van der Waals surface area (Å²) in [5, 5.41) is 12.0. The van der Waals surface area contributed by atoms with E-state index in [1.165, 1.54) is 0 Å². The molecule has 1 rings (SSSR count). The number of hydrogen-bond donors (Lipinski definition) is 2. The SMILES string of the molecule is CCCCC(=O)NC1CS(=O)(=O)CC1O. The molecular formula is C9H17NO4S. The number of carbonyl (C=O) groups excluding carboxylic acids is 1. The quantitative estimate of drug-likeness (QED) is 0.685. The lowest BCUT2D eigenvalue weighted by Crippen LogP contribution is -2.42. The zero-order valence-corrected chi connectivity index (χ0v) is 9.59. The molecule has 1 amide bonds. The largest absolute Gasteiger partial charge is 0.390 e. The number of hydrogen-bond acceptors (Lipinski definition) is 4. The van der Waals surface area contributed by atoms with Gasteiger partial charge < -0.3 is 10.4 Å². The lowest BCUT2D eigenvalue weighted by atomic mass is 10.2. The lowest BCUT2D eigenvalue weighted by Gasteiger charge is -2.14. The summed E-state index contributed by atoms with van der Waals surface area (Å²) in [4.78, 5) is 11.3. The number of amides is 1. The minimum atomic E-state index is -3.18. The highest BCUT2D eigenvalue weighted by Gasteiger charge is 2.36. The number of aliphatic hydroxyl groups is 1. The van der Waals surface area contributed by atoms with Crippen molar-refractivity contribution in [3.05, 3.63) is 0 Å². The Morgan fingerprint density at radius 3 is 2.60 bits per heavy atom. The average Bonchev–Trinajstić information content (AvgIpc) is 2.36. The van der Waals surface area contributed by atoms with Gasteiger partial charge in [0.1, 0.15) is 0 Å². The monoisotopic (exact) mass is 235 g/mol. The van der Waals surface area contributed by atoms with Crippen LogP contribution in [0.4, 0.5) is 0 Å². The van der Waals surface area contributed by atoms with Gasteiger partial charge in [-0.1, -0.05) is 13.3 Å². The molecular weight excluding hydrogens is 218 g/mol. The van der Waals surface area contributed by atoms with E-state index in [1.54, 1.807) is 0 Å². The first-order valence-corrected chi connectivity index (χ1v) is 6.94. The van der Waals surface area contributed by atoms with Crippen molar-refractivity contribution in [2.24, 2.45) is 0 Å². The Hall–Kier alpha value is -0.620. The van der Waals surface area contributed by atoms with E-state index in [-0.39, 0.29) is 17.4 Å². The minimum absolute atomic E-state index is 0.147. The van der Waals surface area contributed by atoms with Gasteiger partial charge >= 0.3 is 0 Å². The summed E-state index contributed by atoms with van der Waals surface area (Å²) in [6.45, 7) is 1.97. The van der Waals surface area contributed by atoms with Gasteiger partial charge in [0.15, 0.2) is 9.84 Å². The molecule has 2 unspecified atom stereocenters. The average molecular weight is 235 g/mol. The molecule has 2 N–H and O–H groups in total. The molecule has 0 spiro atoms. The topological polar surface area (TPSA) is 83.5 Å². The predicted octanol–water partition coefficient (Wildman–Crippen LogP) is -0.549. The van der Waals surface area contributed by atoms with Crippen molar-refractivity contribution in [3.63, 3.8) is 0 Å². The predicted molar refractivity (Wildman–Crippen MR) is 56.1 cm³/mol. The Morgan fingerprint density at radius 1 is 1.47 bits per heavy atom. The van der Waals surface area contributed by atoms with Crippen molar-refractivity contribution < 1.29 is 18.3 Å². The third kappa shape index (κ3) is 3.79. The van der Waals surface area contributed by atoms with Gasteiger partial charge in [0.05, 0.1) is 23.7 Å². The highest BCUT2D eigenvalue weighted by molar-refractivity contribution is 7.91. The first-order valence-electron chi connectivity index (χ1n) is 5.12. The molecule has 1 saturated heterocycles. The van der Waals surface area contributed by atoms with E-state index >= 15 is 0 Å². The van der Waals surface area contributed by atoms with Gasteiger partial charge in [-0.15, -0.1) is 0 Å². The molecule has 0 aromatic rings. The van der Waals surface area contributed by atoms with Crippen LogP contribution in [0.5, 0.6) is 0 Å². The molecule has 0 aliphatic carbocycles. The molecule has 88 valence electrons. The fourth-order valence-corrected chi connectivity index (χ4v) is 3.32. The van der Waals surface area contributed by atoms with Crippen LogP contribution in [-0.4, -0.2) is 43.1 Å². The number of carbonyl (C=O) groups is 1. The molecule has 1 fully saturated rings. The fourth-order valence-electron chi connectivity index (χ4n) is 1.58. The normalized spacial score (nSPS) is 28.9. The van der Waals surface area contributed by atoms with E-state index in [2.05, 4.69) is 5.32 Å². The molecule has 0 radical (unpaired) electrons. The Labute approximate surface area is 89.8 Å². The maximum Gasteiger partial charge on any atom is 0.220 e. The summed E-state index contributed by atoms with van der Waals surface area (Å²) in [5.41, 5.74) is 0. The van der Waals surface area contributed by atoms with E-state index in [9.17, 15) is 18.3 Å². The van der Waals surface area contributed by atoms with Gasteiger partial charge in [-0.2, -0.15) is 0 Å². The third-order valence-corrected chi connectivity index (χ3v) is 4.14. The summed E-state index contributed by atoms with van der Waals surface area (Å²) in [7, 11) is -3.18. The lowest BCUT2D eigenvalue weighted by molar-refractivity contribution is -0.122. The molecule has 1 aliphatic heterocycles. The van der Waals surface area contributed by atoms with Crippen LogP contribution < -0.4 is 5.32 Å². The number of aliphatic hydroxyl groups excluding tert-OH is 1. The van der Waals surface area contributed by atoms with Crippen molar-refractivity contribution >= 4 is 15.7 Å². The van der Waals surface area contributed by atoms with E-state index in [0.29, 0.717) is 6.42 Å². The van der Waals surface area contributed by atoms with Crippen LogP contribution in [0.3, 0.4) is 0 Å². The Bertz CT molecular complexity index is 325. The standard InChI is InChI=1S/C9H17NO4S/c1-2-3-4-9(12)10-7-5-15(13,14)6-8(7)11/h7-8,11H,2-6H2,1H3,(H,10,12).